The molecule has 38 heavy (non-hydrogen) atoms. The number of carboxylic acid groups (broad SMARTS) is 2. The van der Waals surface area contributed by atoms with E-state index < -0.39 is 24.1 Å². The first-order valence-corrected chi connectivity index (χ1v) is 12.2. The van der Waals surface area contributed by atoms with Crippen LogP contribution in [0.1, 0.15) is 15.9 Å². The van der Waals surface area contributed by atoms with Crippen molar-refractivity contribution >= 4 is 40.5 Å². The molecule has 0 bridgehead atoms. The molecule has 11 nitrogen and oxygen atoms in total. The van der Waals surface area contributed by atoms with E-state index in [2.05, 4.69) is 15.2 Å². The van der Waals surface area contributed by atoms with Crippen molar-refractivity contribution in [2.45, 2.75) is 12.5 Å². The van der Waals surface area contributed by atoms with Crippen LogP contribution >= 0.6 is 11.6 Å². The van der Waals surface area contributed by atoms with E-state index >= 15 is 0 Å². The number of aromatic amines is 1. The second-order valence-corrected chi connectivity index (χ2v) is 8.78. The number of amides is 1. The number of hydrogen-bond donors (Lipinski definition) is 4. The molecule has 1 aromatic heterocycles. The first-order chi connectivity index (χ1) is 18.2. The number of nitrogens with one attached hydrogen (secondary N) is 2. The molecule has 0 spiro atoms. The summed E-state index contributed by atoms with van der Waals surface area (Å²) in [7, 11) is 0. The molecule has 2 aromatic carbocycles. The number of rotatable bonds is 8. The minimum atomic E-state index is -1.83. The molecule has 1 aliphatic heterocycles. The largest absolute Gasteiger partial charge is 0.503 e. The first kappa shape index (κ1) is 28.6. The highest BCUT2D eigenvalue weighted by molar-refractivity contribution is 6.30. The van der Waals surface area contributed by atoms with Gasteiger partial charge < -0.3 is 30.0 Å². The fourth-order valence-corrected chi connectivity index (χ4v) is 4.03. The molecule has 2 heterocycles. The third kappa shape index (κ3) is 8.87. The fraction of sp³-hybridized carbons (Fsp3) is 0.308. The maximum absolute atomic E-state index is 13.0. The third-order valence-corrected chi connectivity index (χ3v) is 5.96. The van der Waals surface area contributed by atoms with Crippen molar-refractivity contribution in [1.29, 1.82) is 0 Å². The summed E-state index contributed by atoms with van der Waals surface area (Å²) in [6.07, 6.45) is -1.72. The van der Waals surface area contributed by atoms with Crippen LogP contribution in [0.3, 0.4) is 0 Å². The normalized spacial score (nSPS) is 14.1. The van der Waals surface area contributed by atoms with Crippen molar-refractivity contribution in [2.75, 3.05) is 39.5 Å². The Balaban J connectivity index is 0.000000934. The van der Waals surface area contributed by atoms with E-state index in [4.69, 9.17) is 36.1 Å². The van der Waals surface area contributed by atoms with Gasteiger partial charge in [0.15, 0.2) is 0 Å². The molecular weight excluding hydrogens is 518 g/mol. The number of carbonyl (C=O) groups is 3. The predicted octanol–water partition coefficient (Wildman–Crippen LogP) is 2.62. The highest BCUT2D eigenvalue weighted by atomic mass is 35.5. The van der Waals surface area contributed by atoms with Crippen molar-refractivity contribution in [1.82, 2.24) is 15.2 Å². The van der Waals surface area contributed by atoms with Gasteiger partial charge in [-0.15, -0.1) is 0 Å². The van der Waals surface area contributed by atoms with E-state index in [-0.39, 0.29) is 18.6 Å². The Morgan fingerprint density at radius 3 is 2.42 bits per heavy atom. The maximum Gasteiger partial charge on any atom is 0.503 e. The molecular formula is C26H28ClN3O8. The summed E-state index contributed by atoms with van der Waals surface area (Å²) in [6.45, 7) is 3.66. The maximum atomic E-state index is 13.0. The molecule has 202 valence electrons. The van der Waals surface area contributed by atoms with E-state index in [1.807, 2.05) is 18.2 Å². The zero-order valence-corrected chi connectivity index (χ0v) is 21.1. The smallest absolute Gasteiger partial charge is 0.463 e. The SMILES string of the molecule is O=C(NC(Cc1cc(=O)[nH]c2ccccc12)C(=O)OCCN1CCOCC1)c1ccc(Cl)cc1.O=C(O)O. The van der Waals surface area contributed by atoms with Crippen molar-refractivity contribution in [3.63, 3.8) is 0 Å². The molecule has 1 unspecified atom stereocenters. The standard InChI is InChI=1S/C25H26ClN3O5.CH2O3/c26-19-7-5-17(6-8-19)24(31)28-22(25(32)34-14-11-29-9-12-33-13-10-29)15-18-16-23(30)27-21-4-2-1-3-20(18)21;2-1(3)4/h1-8,16,22H,9-15H2,(H,27,30)(H,28,31);(H2,2,3,4). The number of morpholine rings is 1. The van der Waals surface area contributed by atoms with Crippen LogP contribution in [-0.2, 0) is 20.7 Å². The monoisotopic (exact) mass is 545 g/mol. The number of hydrogen-bond acceptors (Lipinski definition) is 7. The van der Waals surface area contributed by atoms with Crippen LogP contribution in [-0.4, -0.2) is 83.6 Å². The quantitative estimate of drug-likeness (QED) is 0.312. The van der Waals surface area contributed by atoms with Gasteiger partial charge in [0.05, 0.1) is 13.2 Å². The Labute approximate surface area is 222 Å². The zero-order valence-electron chi connectivity index (χ0n) is 20.4. The summed E-state index contributed by atoms with van der Waals surface area (Å²) in [6, 6.07) is 14.2. The molecule has 1 aliphatic rings. The van der Waals surface area contributed by atoms with Gasteiger partial charge in [0.1, 0.15) is 12.6 Å². The molecule has 0 radical (unpaired) electrons. The lowest BCUT2D eigenvalue weighted by atomic mass is 10.0. The second-order valence-electron chi connectivity index (χ2n) is 8.35. The molecule has 4 rings (SSSR count). The van der Waals surface area contributed by atoms with Crippen molar-refractivity contribution < 1.29 is 34.1 Å². The summed E-state index contributed by atoms with van der Waals surface area (Å²) >= 11 is 5.92. The van der Waals surface area contributed by atoms with Crippen LogP contribution in [0.2, 0.25) is 5.02 Å². The van der Waals surface area contributed by atoms with Gasteiger partial charge in [0.25, 0.3) is 5.91 Å². The van der Waals surface area contributed by atoms with E-state index in [0.717, 1.165) is 18.5 Å². The van der Waals surface area contributed by atoms with Crippen LogP contribution in [0.5, 0.6) is 0 Å². The van der Waals surface area contributed by atoms with Gasteiger partial charge in [-0.1, -0.05) is 29.8 Å². The van der Waals surface area contributed by atoms with Gasteiger partial charge >= 0.3 is 12.1 Å². The van der Waals surface area contributed by atoms with Gasteiger partial charge in [-0.3, -0.25) is 14.5 Å². The average molecular weight is 546 g/mol. The Bertz CT molecular complexity index is 1300. The van der Waals surface area contributed by atoms with Crippen LogP contribution in [0.15, 0.2) is 59.4 Å². The van der Waals surface area contributed by atoms with Gasteiger partial charge in [0.2, 0.25) is 5.56 Å². The van der Waals surface area contributed by atoms with Gasteiger partial charge in [-0.05, 0) is 35.9 Å². The van der Waals surface area contributed by atoms with Gasteiger partial charge in [-0.25, -0.2) is 9.59 Å². The number of H-pyrrole nitrogens is 1. The van der Waals surface area contributed by atoms with Crippen molar-refractivity contribution in [3.8, 4) is 0 Å². The lowest BCUT2D eigenvalue weighted by Crippen LogP contribution is -2.44. The summed E-state index contributed by atoms with van der Waals surface area (Å²) < 4.78 is 10.9. The summed E-state index contributed by atoms with van der Waals surface area (Å²) in [5.41, 5.74) is 1.39. The van der Waals surface area contributed by atoms with Crippen molar-refractivity contribution in [3.05, 3.63) is 81.1 Å². The number of ether oxygens (including phenoxy) is 2. The topological polar surface area (TPSA) is 158 Å². The number of benzene rings is 2. The number of carbonyl (C=O) groups excluding carboxylic acids is 2. The minimum Gasteiger partial charge on any atom is -0.463 e. The zero-order chi connectivity index (χ0) is 27.5. The van der Waals surface area contributed by atoms with Crippen LogP contribution in [0, 0.1) is 0 Å². The van der Waals surface area contributed by atoms with Gasteiger partial charge in [0, 0.05) is 53.6 Å². The Hall–Kier alpha value is -3.93. The number of nitrogens with zero attached hydrogens (tertiary/aromatic N) is 1. The van der Waals surface area contributed by atoms with E-state index in [0.29, 0.717) is 41.4 Å². The van der Waals surface area contributed by atoms with Crippen LogP contribution < -0.4 is 10.9 Å². The molecule has 0 aliphatic carbocycles. The number of aromatic nitrogens is 1. The molecule has 1 amide bonds. The van der Waals surface area contributed by atoms with E-state index in [1.165, 1.54) is 6.07 Å². The molecule has 1 atom stereocenters. The summed E-state index contributed by atoms with van der Waals surface area (Å²) in [5.74, 6) is -0.985. The predicted molar refractivity (Wildman–Crippen MR) is 140 cm³/mol. The Kier molecular flexibility index (Phi) is 10.6. The Morgan fingerprint density at radius 1 is 1.08 bits per heavy atom. The minimum absolute atomic E-state index is 0.111. The highest BCUT2D eigenvalue weighted by Crippen LogP contribution is 2.17. The highest BCUT2D eigenvalue weighted by Gasteiger charge is 2.25. The number of fused-ring (bicyclic) bond motifs is 1. The van der Waals surface area contributed by atoms with E-state index in [1.54, 1.807) is 30.3 Å². The fourth-order valence-electron chi connectivity index (χ4n) is 3.90. The van der Waals surface area contributed by atoms with Crippen LogP contribution in [0.25, 0.3) is 10.9 Å². The van der Waals surface area contributed by atoms with Crippen LogP contribution in [0.4, 0.5) is 4.79 Å². The molecule has 1 fully saturated rings. The number of para-hydroxylation sites is 1. The number of halogens is 1. The molecule has 0 saturated carbocycles. The second kappa shape index (κ2) is 14.1. The average Bonchev–Trinajstić information content (AvgIpc) is 2.88. The third-order valence-electron chi connectivity index (χ3n) is 5.71. The molecule has 4 N–H and O–H groups in total. The Morgan fingerprint density at radius 2 is 1.74 bits per heavy atom. The molecule has 3 aromatic rings. The number of pyridine rings is 1. The molecule has 12 heteroatoms. The number of esters is 1. The summed E-state index contributed by atoms with van der Waals surface area (Å²) in [5, 5.41) is 18.0. The first-order valence-electron chi connectivity index (χ1n) is 11.8. The molecule has 1 saturated heterocycles. The van der Waals surface area contributed by atoms with E-state index in [9.17, 15) is 14.4 Å². The van der Waals surface area contributed by atoms with Crippen molar-refractivity contribution in [2.24, 2.45) is 0 Å². The summed E-state index contributed by atoms with van der Waals surface area (Å²) in [4.78, 5) is 51.6. The van der Waals surface area contributed by atoms with Gasteiger partial charge in [-0.2, -0.15) is 0 Å². The lowest BCUT2D eigenvalue weighted by Gasteiger charge is -2.26. The lowest BCUT2D eigenvalue weighted by molar-refractivity contribution is -0.146.